The summed E-state index contributed by atoms with van der Waals surface area (Å²) >= 11 is 0. The largest absolute Gasteiger partial charge is 2.00 e. The molecule has 6 aromatic heterocycles. The topological polar surface area (TPSA) is 77.3 Å². The smallest absolute Gasteiger partial charge is 0.255 e. The van der Waals surface area contributed by atoms with Gasteiger partial charge in [0.1, 0.15) is 0 Å². The van der Waals surface area contributed by atoms with Gasteiger partial charge in [0, 0.05) is 37.2 Å². The minimum absolute atomic E-state index is 0. The van der Waals surface area contributed by atoms with Gasteiger partial charge in [0.15, 0.2) is 0 Å². The first-order valence-corrected chi connectivity index (χ1v) is 13.8. The zero-order chi connectivity index (χ0) is 29.9. The van der Waals surface area contributed by atoms with Crippen LogP contribution in [0.2, 0.25) is 0 Å². The minimum atomic E-state index is 0. The molecule has 0 unspecified atom stereocenters. The summed E-state index contributed by atoms with van der Waals surface area (Å²) in [7, 11) is 0. The monoisotopic (exact) mass is 744 g/mol. The third-order valence-electron chi connectivity index (χ3n) is 6.28. The van der Waals surface area contributed by atoms with E-state index in [0.29, 0.717) is 0 Å². The summed E-state index contributed by atoms with van der Waals surface area (Å²) in [6.45, 7) is 12.3. The van der Waals surface area contributed by atoms with E-state index in [1.165, 1.54) is 33.4 Å². The molecule has 0 aliphatic heterocycles. The molecule has 0 fully saturated rings. The van der Waals surface area contributed by atoms with Gasteiger partial charge in [-0.1, -0.05) is 0 Å². The van der Waals surface area contributed by atoms with Crippen LogP contribution in [0.1, 0.15) is 33.4 Å². The maximum Gasteiger partial charge on any atom is 2.00 e. The number of pyridine rings is 6. The minimum Gasteiger partial charge on any atom is -0.255 e. The fraction of sp³-hybridized carbons (Fsp3) is 0.167. The van der Waals surface area contributed by atoms with Crippen LogP contribution < -0.4 is 0 Å². The molecule has 0 aromatic carbocycles. The Morgan fingerprint density at radius 3 is 0.535 bits per heavy atom. The van der Waals surface area contributed by atoms with E-state index in [-0.39, 0.29) is 19.8 Å². The van der Waals surface area contributed by atoms with Crippen molar-refractivity contribution in [3.8, 4) is 34.2 Å². The van der Waals surface area contributed by atoms with Crippen LogP contribution in [0.4, 0.5) is 0 Å². The number of rotatable bonds is 3. The van der Waals surface area contributed by atoms with Gasteiger partial charge in [-0.3, -0.25) is 29.9 Å². The molecular formula is C36H36N6Os+2. The van der Waals surface area contributed by atoms with Crippen molar-refractivity contribution in [1.29, 1.82) is 0 Å². The van der Waals surface area contributed by atoms with Gasteiger partial charge in [-0.15, -0.1) is 0 Å². The van der Waals surface area contributed by atoms with Crippen LogP contribution in [0.15, 0.2) is 110 Å². The molecule has 0 atom stereocenters. The second kappa shape index (κ2) is 16.2. The fourth-order valence-corrected chi connectivity index (χ4v) is 4.06. The summed E-state index contributed by atoms with van der Waals surface area (Å²) in [4.78, 5) is 25.7. The summed E-state index contributed by atoms with van der Waals surface area (Å²) in [6, 6.07) is 24.2. The van der Waals surface area contributed by atoms with Gasteiger partial charge in [0.05, 0.1) is 34.2 Å². The normalized spacial score (nSPS) is 9.91. The van der Waals surface area contributed by atoms with Crippen molar-refractivity contribution in [2.45, 2.75) is 41.5 Å². The van der Waals surface area contributed by atoms with Crippen LogP contribution in [-0.4, -0.2) is 29.9 Å². The molecular weight excluding hydrogens is 707 g/mol. The summed E-state index contributed by atoms with van der Waals surface area (Å²) in [5.74, 6) is 0. The summed E-state index contributed by atoms with van der Waals surface area (Å²) in [5.41, 5.74) is 12.9. The quantitative estimate of drug-likeness (QED) is 0.182. The van der Waals surface area contributed by atoms with Crippen molar-refractivity contribution >= 4 is 0 Å². The van der Waals surface area contributed by atoms with Crippen LogP contribution in [0, 0.1) is 41.5 Å². The van der Waals surface area contributed by atoms with Crippen molar-refractivity contribution in [2.24, 2.45) is 0 Å². The van der Waals surface area contributed by atoms with E-state index in [4.69, 9.17) is 0 Å². The molecule has 0 saturated heterocycles. The van der Waals surface area contributed by atoms with Crippen LogP contribution in [-0.2, 0) is 19.8 Å². The van der Waals surface area contributed by atoms with E-state index in [2.05, 4.69) is 71.4 Å². The predicted octanol–water partition coefficient (Wildman–Crippen LogP) is 8.28. The van der Waals surface area contributed by atoms with E-state index < -0.39 is 0 Å². The number of aryl methyl sites for hydroxylation is 6. The van der Waals surface area contributed by atoms with Crippen molar-refractivity contribution < 1.29 is 19.8 Å². The van der Waals surface area contributed by atoms with Gasteiger partial charge in [0.25, 0.3) is 0 Å². The second-order valence-corrected chi connectivity index (χ2v) is 10.3. The maximum absolute atomic E-state index is 4.29. The molecule has 0 aliphatic carbocycles. The average molecular weight is 743 g/mol. The molecule has 7 heteroatoms. The van der Waals surface area contributed by atoms with E-state index >= 15 is 0 Å². The molecule has 6 aromatic rings. The Bertz CT molecular complexity index is 1430. The number of aromatic nitrogens is 6. The van der Waals surface area contributed by atoms with Crippen LogP contribution in [0.3, 0.4) is 0 Å². The average Bonchev–Trinajstić information content (AvgIpc) is 2.98. The molecule has 6 nitrogen and oxygen atoms in total. The van der Waals surface area contributed by atoms with Crippen LogP contribution in [0.5, 0.6) is 0 Å². The third-order valence-corrected chi connectivity index (χ3v) is 6.28. The number of hydrogen-bond donors (Lipinski definition) is 0. The third kappa shape index (κ3) is 10.4. The molecule has 43 heavy (non-hydrogen) atoms. The van der Waals surface area contributed by atoms with Crippen molar-refractivity contribution in [2.75, 3.05) is 0 Å². The molecule has 0 spiro atoms. The molecule has 0 aliphatic rings. The summed E-state index contributed by atoms with van der Waals surface area (Å²) < 4.78 is 0. The van der Waals surface area contributed by atoms with Gasteiger partial charge >= 0.3 is 19.8 Å². The van der Waals surface area contributed by atoms with Gasteiger partial charge in [-0.05, 0) is 148 Å². The Hall–Kier alpha value is -4.46. The summed E-state index contributed by atoms with van der Waals surface area (Å²) in [5, 5.41) is 0. The zero-order valence-electron chi connectivity index (χ0n) is 25.4. The Kier molecular flexibility index (Phi) is 12.5. The van der Waals surface area contributed by atoms with Crippen LogP contribution in [0.25, 0.3) is 34.2 Å². The van der Waals surface area contributed by atoms with Crippen molar-refractivity contribution in [1.82, 2.24) is 29.9 Å². The van der Waals surface area contributed by atoms with E-state index in [1.54, 1.807) is 0 Å². The Balaban J connectivity index is 0.000000175. The van der Waals surface area contributed by atoms with Gasteiger partial charge in [-0.2, -0.15) is 0 Å². The molecule has 6 heterocycles. The second-order valence-electron chi connectivity index (χ2n) is 10.3. The van der Waals surface area contributed by atoms with Gasteiger partial charge in [-0.25, -0.2) is 0 Å². The summed E-state index contributed by atoms with van der Waals surface area (Å²) in [6.07, 6.45) is 10.9. The SMILES string of the molecule is Cc1ccnc(-c2cc(C)ccn2)c1.Cc1ccnc(-c2cc(C)ccn2)c1.Cc1ccnc(-c2cc(C)ccn2)c1.[Os+2]. The van der Waals surface area contributed by atoms with E-state index in [1.807, 2.05) is 110 Å². The maximum atomic E-state index is 4.29. The molecule has 6 rings (SSSR count). The van der Waals surface area contributed by atoms with Crippen molar-refractivity contribution in [3.63, 3.8) is 0 Å². The molecule has 0 radical (unpaired) electrons. The fourth-order valence-electron chi connectivity index (χ4n) is 4.06. The first kappa shape index (κ1) is 33.0. The van der Waals surface area contributed by atoms with Crippen molar-refractivity contribution in [3.05, 3.63) is 143 Å². The Morgan fingerprint density at radius 1 is 0.279 bits per heavy atom. The van der Waals surface area contributed by atoms with Gasteiger partial charge in [0.2, 0.25) is 0 Å². The standard InChI is InChI=1S/3C12H12N2.Os/c3*1-9-3-5-13-11(7-9)12-8-10(2)4-6-14-12;/h3*3-8H,1-2H3;/q;;;+2. The molecule has 0 N–H and O–H groups in total. The van der Waals surface area contributed by atoms with E-state index in [9.17, 15) is 0 Å². The van der Waals surface area contributed by atoms with E-state index in [0.717, 1.165) is 34.2 Å². The zero-order valence-corrected chi connectivity index (χ0v) is 28.0. The molecule has 0 saturated carbocycles. The molecule has 0 bridgehead atoms. The molecule has 0 amide bonds. The first-order valence-electron chi connectivity index (χ1n) is 13.8. The predicted molar refractivity (Wildman–Crippen MR) is 171 cm³/mol. The van der Waals surface area contributed by atoms with Gasteiger partial charge < -0.3 is 0 Å². The van der Waals surface area contributed by atoms with Crippen LogP contribution >= 0.6 is 0 Å². The number of nitrogens with zero attached hydrogens (tertiary/aromatic N) is 6. The first-order chi connectivity index (χ1) is 20.3. The Labute approximate surface area is 267 Å². The Morgan fingerprint density at radius 2 is 0.419 bits per heavy atom. The molecule has 216 valence electrons. The number of hydrogen-bond acceptors (Lipinski definition) is 6.